The lowest BCUT2D eigenvalue weighted by Gasteiger charge is -2.08. The Kier molecular flexibility index (Phi) is 5.29. The largest absolute Gasteiger partial charge is 0.497 e. The van der Waals surface area contributed by atoms with Gasteiger partial charge in [0.15, 0.2) is 5.13 Å². The Bertz CT molecular complexity index is 936. The highest BCUT2D eigenvalue weighted by molar-refractivity contribution is 7.18. The van der Waals surface area contributed by atoms with Gasteiger partial charge in [0.25, 0.3) is 0 Å². The van der Waals surface area contributed by atoms with Crippen LogP contribution in [0.25, 0.3) is 0 Å². The number of ketones is 1. The molecule has 1 aromatic heterocycles. The number of hydrogen-bond acceptors (Lipinski definition) is 7. The summed E-state index contributed by atoms with van der Waals surface area (Å²) in [6, 6.07) is 12.2. The summed E-state index contributed by atoms with van der Waals surface area (Å²) < 4.78 is 10.5. The van der Waals surface area contributed by atoms with Crippen LogP contribution >= 0.6 is 22.9 Å². The fourth-order valence-corrected chi connectivity index (χ4v) is 3.40. The van der Waals surface area contributed by atoms with E-state index >= 15 is 0 Å². The van der Waals surface area contributed by atoms with Crippen LogP contribution in [0.1, 0.15) is 15.2 Å². The predicted molar refractivity (Wildman–Crippen MR) is 104 cm³/mol. The van der Waals surface area contributed by atoms with Gasteiger partial charge in [-0.3, -0.25) is 4.79 Å². The van der Waals surface area contributed by atoms with Crippen molar-refractivity contribution in [2.45, 2.75) is 0 Å². The van der Waals surface area contributed by atoms with Gasteiger partial charge in [-0.2, -0.15) is 0 Å². The zero-order chi connectivity index (χ0) is 18.7. The number of nitrogens with two attached hydrogens (primary N) is 1. The Hall–Kier alpha value is -2.77. The molecule has 0 fully saturated rings. The maximum absolute atomic E-state index is 12.7. The number of hydrogen-bond donors (Lipinski definition) is 2. The summed E-state index contributed by atoms with van der Waals surface area (Å²) in [5.41, 5.74) is 7.03. The fraction of sp³-hybridized carbons (Fsp3) is 0.111. The number of aromatic nitrogens is 1. The number of nitrogens with zero attached hydrogens (tertiary/aromatic N) is 1. The highest BCUT2D eigenvalue weighted by Gasteiger charge is 2.20. The topological polar surface area (TPSA) is 86.5 Å². The molecular formula is C18H16ClN3O3S. The van der Waals surface area contributed by atoms with Gasteiger partial charge in [-0.1, -0.05) is 35.1 Å². The lowest BCUT2D eigenvalue weighted by atomic mass is 10.1. The molecule has 8 heteroatoms. The molecular weight excluding hydrogens is 374 g/mol. The molecule has 0 aliphatic heterocycles. The number of carbonyl (C=O) groups is 1. The molecule has 0 radical (unpaired) electrons. The summed E-state index contributed by atoms with van der Waals surface area (Å²) in [5.74, 6) is 1.15. The number of methoxy groups -OCH3 is 2. The van der Waals surface area contributed by atoms with Crippen LogP contribution in [0.4, 0.5) is 16.6 Å². The van der Waals surface area contributed by atoms with E-state index in [0.717, 1.165) is 11.3 Å². The lowest BCUT2D eigenvalue weighted by molar-refractivity contribution is 0.104. The number of ether oxygens (including phenoxy) is 2. The molecule has 0 aliphatic rings. The quantitative estimate of drug-likeness (QED) is 0.609. The molecule has 2 aromatic carbocycles. The number of thiazole rings is 1. The van der Waals surface area contributed by atoms with E-state index in [0.29, 0.717) is 37.8 Å². The van der Waals surface area contributed by atoms with Crippen LogP contribution in [0, 0.1) is 0 Å². The van der Waals surface area contributed by atoms with E-state index < -0.39 is 0 Å². The van der Waals surface area contributed by atoms with Gasteiger partial charge in [-0.25, -0.2) is 4.98 Å². The molecule has 0 bridgehead atoms. The second-order valence-electron chi connectivity index (χ2n) is 5.27. The van der Waals surface area contributed by atoms with E-state index in [1.54, 1.807) is 56.7 Å². The van der Waals surface area contributed by atoms with Crippen LogP contribution in [0.2, 0.25) is 5.02 Å². The molecule has 0 unspecified atom stereocenters. The molecule has 0 saturated heterocycles. The standard InChI is InChI=1S/C18H16ClN3O3S/c1-24-11-7-10(8-12(9-11)25-2)21-18-22-17(20)16(26-18)15(23)13-5-3-4-6-14(13)19/h3-9H,20H2,1-2H3,(H,21,22). The molecule has 1 heterocycles. The van der Waals surface area contributed by atoms with Gasteiger partial charge < -0.3 is 20.5 Å². The van der Waals surface area contributed by atoms with Crippen molar-refractivity contribution in [1.29, 1.82) is 0 Å². The Balaban J connectivity index is 1.89. The molecule has 6 nitrogen and oxygen atoms in total. The van der Waals surface area contributed by atoms with Gasteiger partial charge in [-0.05, 0) is 12.1 Å². The average Bonchev–Trinajstić information content (AvgIpc) is 3.01. The Morgan fingerprint density at radius 1 is 1.15 bits per heavy atom. The van der Waals surface area contributed by atoms with Gasteiger partial charge in [0, 0.05) is 29.4 Å². The Morgan fingerprint density at radius 2 is 1.81 bits per heavy atom. The molecule has 134 valence electrons. The van der Waals surface area contributed by atoms with E-state index in [9.17, 15) is 4.79 Å². The number of halogens is 1. The van der Waals surface area contributed by atoms with Gasteiger partial charge in [-0.15, -0.1) is 0 Å². The number of anilines is 3. The zero-order valence-corrected chi connectivity index (χ0v) is 15.6. The van der Waals surface area contributed by atoms with E-state index in [2.05, 4.69) is 10.3 Å². The number of nitrogens with one attached hydrogen (secondary N) is 1. The van der Waals surface area contributed by atoms with Crippen molar-refractivity contribution >= 4 is 45.4 Å². The van der Waals surface area contributed by atoms with Crippen molar-refractivity contribution in [3.63, 3.8) is 0 Å². The van der Waals surface area contributed by atoms with Gasteiger partial charge >= 0.3 is 0 Å². The Labute approximate surface area is 159 Å². The minimum absolute atomic E-state index is 0.150. The van der Waals surface area contributed by atoms with Crippen molar-refractivity contribution in [1.82, 2.24) is 4.98 Å². The molecule has 0 spiro atoms. The maximum atomic E-state index is 12.7. The number of benzene rings is 2. The SMILES string of the molecule is COc1cc(Nc2nc(N)c(C(=O)c3ccccc3Cl)s2)cc(OC)c1. The molecule has 3 N–H and O–H groups in total. The number of nitrogen functional groups attached to an aromatic ring is 1. The smallest absolute Gasteiger partial charge is 0.208 e. The fourth-order valence-electron chi connectivity index (χ4n) is 2.32. The van der Waals surface area contributed by atoms with Crippen molar-refractivity contribution in [2.24, 2.45) is 0 Å². The van der Waals surface area contributed by atoms with Crippen LogP contribution in [0.5, 0.6) is 11.5 Å². The minimum Gasteiger partial charge on any atom is -0.497 e. The third-order valence-electron chi connectivity index (χ3n) is 3.58. The second kappa shape index (κ2) is 7.63. The summed E-state index contributed by atoms with van der Waals surface area (Å²) in [6.45, 7) is 0. The van der Waals surface area contributed by atoms with E-state index in [1.807, 2.05) is 0 Å². The third-order valence-corrected chi connectivity index (χ3v) is 4.90. The summed E-state index contributed by atoms with van der Waals surface area (Å²) in [4.78, 5) is 17.3. The minimum atomic E-state index is -0.262. The summed E-state index contributed by atoms with van der Waals surface area (Å²) >= 11 is 7.26. The predicted octanol–water partition coefficient (Wildman–Crippen LogP) is 4.37. The zero-order valence-electron chi connectivity index (χ0n) is 14.1. The molecule has 3 rings (SSSR count). The van der Waals surface area contributed by atoms with Crippen LogP contribution in [0.3, 0.4) is 0 Å². The van der Waals surface area contributed by atoms with E-state index in [4.69, 9.17) is 26.8 Å². The van der Waals surface area contributed by atoms with Gasteiger partial charge in [0.05, 0.1) is 19.2 Å². The number of carbonyl (C=O) groups excluding carboxylic acids is 1. The normalized spacial score (nSPS) is 10.4. The summed E-state index contributed by atoms with van der Waals surface area (Å²) in [6.07, 6.45) is 0. The molecule has 3 aromatic rings. The van der Waals surface area contributed by atoms with Gasteiger partial charge in [0.2, 0.25) is 5.78 Å². The van der Waals surface area contributed by atoms with Crippen LogP contribution in [-0.4, -0.2) is 25.0 Å². The molecule has 0 amide bonds. The first kappa shape index (κ1) is 18.0. The molecule has 0 saturated carbocycles. The van der Waals surface area contributed by atoms with Gasteiger partial charge in [0.1, 0.15) is 22.2 Å². The summed E-state index contributed by atoms with van der Waals surface area (Å²) in [5, 5.41) is 3.97. The summed E-state index contributed by atoms with van der Waals surface area (Å²) in [7, 11) is 3.14. The molecule has 0 aliphatic carbocycles. The Morgan fingerprint density at radius 3 is 2.42 bits per heavy atom. The highest BCUT2D eigenvalue weighted by Crippen LogP contribution is 2.33. The molecule has 26 heavy (non-hydrogen) atoms. The first-order valence-corrected chi connectivity index (χ1v) is 8.77. The number of rotatable bonds is 6. The van der Waals surface area contributed by atoms with Crippen molar-refractivity contribution in [2.75, 3.05) is 25.3 Å². The first-order chi connectivity index (χ1) is 12.5. The highest BCUT2D eigenvalue weighted by atomic mass is 35.5. The van der Waals surface area contributed by atoms with Crippen LogP contribution in [-0.2, 0) is 0 Å². The lowest BCUT2D eigenvalue weighted by Crippen LogP contribution is -2.03. The van der Waals surface area contributed by atoms with E-state index in [-0.39, 0.29) is 11.6 Å². The van der Waals surface area contributed by atoms with E-state index in [1.165, 1.54) is 0 Å². The third kappa shape index (κ3) is 3.74. The van der Waals surface area contributed by atoms with Crippen molar-refractivity contribution in [3.05, 3.63) is 57.9 Å². The maximum Gasteiger partial charge on any atom is 0.208 e. The molecule has 0 atom stereocenters. The monoisotopic (exact) mass is 389 g/mol. The van der Waals surface area contributed by atoms with Crippen molar-refractivity contribution < 1.29 is 14.3 Å². The first-order valence-electron chi connectivity index (χ1n) is 7.57. The average molecular weight is 390 g/mol. The van der Waals surface area contributed by atoms with Crippen LogP contribution in [0.15, 0.2) is 42.5 Å². The van der Waals surface area contributed by atoms with Crippen molar-refractivity contribution in [3.8, 4) is 11.5 Å². The van der Waals surface area contributed by atoms with Crippen LogP contribution < -0.4 is 20.5 Å². The second-order valence-corrected chi connectivity index (χ2v) is 6.67.